The van der Waals surface area contributed by atoms with Crippen LogP contribution in [0.1, 0.15) is 80.5 Å². The first-order valence-corrected chi connectivity index (χ1v) is 12.6. The van der Waals surface area contributed by atoms with Crippen LogP contribution in [-0.2, 0) is 0 Å². The zero-order valence-electron chi connectivity index (χ0n) is 19.2. The molecule has 4 rings (SSSR count). The number of amides is 1. The third kappa shape index (κ3) is 9.20. The molecule has 0 bridgehead atoms. The van der Waals surface area contributed by atoms with Crippen LogP contribution in [-0.4, -0.2) is 43.2 Å². The summed E-state index contributed by atoms with van der Waals surface area (Å²) in [5, 5.41) is 2.17. The van der Waals surface area contributed by atoms with Gasteiger partial charge in [0.15, 0.2) is 0 Å². The lowest BCUT2D eigenvalue weighted by atomic mass is 9.70. The van der Waals surface area contributed by atoms with Gasteiger partial charge in [0.25, 0.3) is 11.1 Å². The van der Waals surface area contributed by atoms with E-state index in [1.54, 1.807) is 0 Å². The van der Waals surface area contributed by atoms with Gasteiger partial charge in [0.05, 0.1) is 0 Å². The number of halogens is 5. The maximum absolute atomic E-state index is 11.9. The summed E-state index contributed by atoms with van der Waals surface area (Å²) in [4.78, 5) is 37.1. The number of carbonyl (C=O) groups is 2. The molecule has 4 N–H and O–H groups in total. The van der Waals surface area contributed by atoms with Gasteiger partial charge in [-0.1, -0.05) is 67.2 Å². The van der Waals surface area contributed by atoms with E-state index in [9.17, 15) is 9.59 Å². The Morgan fingerprint density at radius 2 is 1.28 bits per heavy atom. The van der Waals surface area contributed by atoms with Gasteiger partial charge in [-0.15, -0.1) is 0 Å². The second-order valence-corrected chi connectivity index (χ2v) is 10.6. The third-order valence-electron chi connectivity index (χ3n) is 5.98. The van der Waals surface area contributed by atoms with Gasteiger partial charge < -0.3 is 5.32 Å². The van der Waals surface area contributed by atoms with Gasteiger partial charge in [0.2, 0.25) is 0 Å². The molecular weight excluding hydrogens is 572 g/mol. The molecule has 0 aliphatic heterocycles. The Labute approximate surface area is 236 Å². The minimum absolute atomic E-state index is 0. The zero-order chi connectivity index (χ0) is 26.2. The molecule has 2 fully saturated rings. The Balaban J connectivity index is 0.000000293. The van der Waals surface area contributed by atoms with Gasteiger partial charge in [-0.05, 0) is 56.0 Å². The lowest BCUT2D eigenvalue weighted by Gasteiger charge is -2.38. The summed E-state index contributed by atoms with van der Waals surface area (Å²) in [6.45, 7) is 4.94. The minimum Gasteiger partial charge on any atom is -0.351 e. The number of carbonyl (C=O) groups excluding carboxylic acids is 2. The molecule has 200 valence electrons. The molecule has 0 saturated heterocycles. The van der Waals surface area contributed by atoms with Crippen molar-refractivity contribution in [2.24, 2.45) is 11.3 Å². The molecule has 0 radical (unpaired) electrons. The number of hydrogen-bond donors (Lipinski definition) is 3. The highest BCUT2D eigenvalue weighted by Gasteiger charge is 2.32. The fourth-order valence-corrected chi connectivity index (χ4v) is 4.48. The molecule has 36 heavy (non-hydrogen) atoms. The molecule has 2 aromatic rings. The van der Waals surface area contributed by atoms with Crippen LogP contribution in [0.25, 0.3) is 0 Å². The van der Waals surface area contributed by atoms with Gasteiger partial charge in [-0.25, -0.2) is 19.9 Å². The van der Waals surface area contributed by atoms with Crippen LogP contribution in [0.4, 0.5) is 0 Å². The molecule has 2 aliphatic rings. The number of hydrogen-bond acceptors (Lipinski definition) is 8. The molecule has 0 unspecified atom stereocenters. The van der Waals surface area contributed by atoms with Crippen molar-refractivity contribution in [1.82, 2.24) is 30.7 Å². The molecule has 2 saturated carbocycles. The number of nitrogens with zero attached hydrogens (tertiary/aromatic N) is 4. The monoisotopic (exact) mass is 599 g/mol. The molecule has 0 spiro atoms. The molecule has 9 nitrogen and oxygen atoms in total. The Bertz CT molecular complexity index is 1000. The van der Waals surface area contributed by atoms with E-state index in [0.29, 0.717) is 12.1 Å². The fraction of sp³-hybridized carbons (Fsp3) is 0.545. The molecule has 14 heteroatoms. The van der Waals surface area contributed by atoms with Gasteiger partial charge in [-0.3, -0.25) is 20.9 Å². The molecule has 2 aliphatic carbocycles. The van der Waals surface area contributed by atoms with E-state index in [-0.39, 0.29) is 50.5 Å². The minimum atomic E-state index is -0.763. The second-order valence-electron chi connectivity index (χ2n) is 8.84. The van der Waals surface area contributed by atoms with Crippen LogP contribution in [0.5, 0.6) is 0 Å². The summed E-state index contributed by atoms with van der Waals surface area (Å²) in [7, 11) is 0. The first-order valence-electron chi connectivity index (χ1n) is 10.7. The molecule has 2 aromatic heterocycles. The lowest BCUT2D eigenvalue weighted by Crippen LogP contribution is -2.51. The lowest BCUT2D eigenvalue weighted by molar-refractivity contribution is 0.0890. The average molecular weight is 602 g/mol. The first-order chi connectivity index (χ1) is 16.4. The Hall–Kier alpha value is -1.33. The van der Waals surface area contributed by atoms with Crippen LogP contribution in [0, 0.1) is 5.41 Å². The maximum atomic E-state index is 11.9. The molecule has 2 heterocycles. The normalized spacial score (nSPS) is 16.3. The Morgan fingerprint density at radius 3 is 1.53 bits per heavy atom. The largest absolute Gasteiger partial charge is 0.351 e. The summed E-state index contributed by atoms with van der Waals surface area (Å²) in [6.07, 6.45) is 9.69. The highest BCUT2D eigenvalue weighted by Crippen LogP contribution is 2.39. The number of hydrazine groups is 1. The zero-order valence-corrected chi connectivity index (χ0v) is 23.0. The number of nitrogens with one attached hydrogen (secondary N) is 2. The Morgan fingerprint density at radius 1 is 0.861 bits per heavy atom. The van der Waals surface area contributed by atoms with Gasteiger partial charge in [0, 0.05) is 12.1 Å². The van der Waals surface area contributed by atoms with Crippen molar-refractivity contribution in [2.75, 3.05) is 6.54 Å². The maximum Gasteiger partial charge on any atom is 0.258 e. The molecular formula is C22H30Cl5N7O2. The summed E-state index contributed by atoms with van der Waals surface area (Å²) in [5.74, 6) is 4.91. The quantitative estimate of drug-likeness (QED) is 0.167. The standard InChI is InChI=1S/C11H13Cl2N3O.C5HCl3N2O.C5H12N2.CH4/c1-11(3-2-4-11)5-14-10(17)7-8(12)15-6-16-9(7)13;6-3-2(5(8)11)4(7)10-1-9-3;1-5(7-6)3-2-4-5;/h6H,2-5H2,1H3,(H,14,17);1H;7H,2-4,6H2,1H3;1H4. The van der Waals surface area contributed by atoms with Crippen molar-refractivity contribution in [1.29, 1.82) is 0 Å². The Kier molecular flexibility index (Phi) is 13.2. The van der Waals surface area contributed by atoms with Crippen molar-refractivity contribution in [3.05, 3.63) is 44.4 Å². The van der Waals surface area contributed by atoms with Gasteiger partial charge in [-0.2, -0.15) is 0 Å². The van der Waals surface area contributed by atoms with Crippen LogP contribution < -0.4 is 16.6 Å². The predicted octanol–water partition coefficient (Wildman–Crippen LogP) is 5.89. The smallest absolute Gasteiger partial charge is 0.258 e. The second kappa shape index (κ2) is 14.6. The van der Waals surface area contributed by atoms with E-state index in [1.807, 2.05) is 0 Å². The highest BCUT2D eigenvalue weighted by molar-refractivity contribution is 6.69. The SMILES string of the molecule is C.CC1(CNC(=O)c2c(Cl)ncnc2Cl)CCC1.CC1(NN)CCC1.O=C(Cl)c1c(Cl)ncnc1Cl. The molecule has 1 amide bonds. The van der Waals surface area contributed by atoms with Crippen molar-refractivity contribution < 1.29 is 9.59 Å². The first kappa shape index (κ1) is 32.7. The van der Waals surface area contributed by atoms with Crippen LogP contribution in [0.2, 0.25) is 20.6 Å². The van der Waals surface area contributed by atoms with Crippen LogP contribution in [0.15, 0.2) is 12.7 Å². The predicted molar refractivity (Wildman–Crippen MR) is 145 cm³/mol. The fourth-order valence-electron chi connectivity index (χ4n) is 3.23. The number of rotatable bonds is 5. The third-order valence-corrected chi connectivity index (χ3v) is 7.31. The van der Waals surface area contributed by atoms with Gasteiger partial charge >= 0.3 is 0 Å². The van der Waals surface area contributed by atoms with E-state index in [4.69, 9.17) is 63.8 Å². The van der Waals surface area contributed by atoms with E-state index >= 15 is 0 Å². The summed E-state index contributed by atoms with van der Waals surface area (Å²) in [5.41, 5.74) is 3.38. The summed E-state index contributed by atoms with van der Waals surface area (Å²) >= 11 is 27.7. The van der Waals surface area contributed by atoms with Gasteiger partial charge in [0.1, 0.15) is 44.4 Å². The summed E-state index contributed by atoms with van der Waals surface area (Å²) in [6, 6.07) is 0. The topological polar surface area (TPSA) is 136 Å². The van der Waals surface area contributed by atoms with E-state index in [2.05, 4.69) is 44.5 Å². The number of nitrogens with two attached hydrogens (primary N) is 1. The van der Waals surface area contributed by atoms with Crippen molar-refractivity contribution in [3.63, 3.8) is 0 Å². The van der Waals surface area contributed by atoms with Crippen molar-refractivity contribution in [3.8, 4) is 0 Å². The van der Waals surface area contributed by atoms with Crippen LogP contribution in [0.3, 0.4) is 0 Å². The molecule has 0 atom stereocenters. The summed E-state index contributed by atoms with van der Waals surface area (Å²) < 4.78 is 0. The molecule has 0 aromatic carbocycles. The number of aromatic nitrogens is 4. The van der Waals surface area contributed by atoms with E-state index < -0.39 is 5.24 Å². The van der Waals surface area contributed by atoms with Crippen molar-refractivity contribution >= 4 is 69.2 Å². The van der Waals surface area contributed by atoms with Crippen LogP contribution >= 0.6 is 58.0 Å². The van der Waals surface area contributed by atoms with E-state index in [0.717, 1.165) is 19.2 Å². The van der Waals surface area contributed by atoms with E-state index in [1.165, 1.54) is 32.0 Å². The average Bonchev–Trinajstić information content (AvgIpc) is 2.75. The van der Waals surface area contributed by atoms with Crippen molar-refractivity contribution in [2.45, 2.75) is 65.3 Å². The highest BCUT2D eigenvalue weighted by atomic mass is 35.5.